The summed E-state index contributed by atoms with van der Waals surface area (Å²) in [4.78, 5) is 70.4. The van der Waals surface area contributed by atoms with E-state index in [0.717, 1.165) is 88.3 Å². The number of benzene rings is 2. The van der Waals surface area contributed by atoms with Gasteiger partial charge in [-0.2, -0.15) is 0 Å². The van der Waals surface area contributed by atoms with Crippen LogP contribution in [0.15, 0.2) is 64.2 Å². The fourth-order valence-corrected chi connectivity index (χ4v) is 11.4. The van der Waals surface area contributed by atoms with Crippen molar-refractivity contribution in [3.05, 3.63) is 81.8 Å². The third-order valence-electron chi connectivity index (χ3n) is 14.2. The molecule has 4 amide bonds. The quantitative estimate of drug-likeness (QED) is 0.142. The molecule has 356 valence electrons. The van der Waals surface area contributed by atoms with Crippen LogP contribution < -0.4 is 15.4 Å². The van der Waals surface area contributed by atoms with Gasteiger partial charge >= 0.3 is 12.2 Å². The molecule has 0 bridgehead atoms. The predicted octanol–water partition coefficient (Wildman–Crippen LogP) is 8.84. The second kappa shape index (κ2) is 18.3. The summed E-state index contributed by atoms with van der Waals surface area (Å²) >= 11 is 1.56. The van der Waals surface area contributed by atoms with Gasteiger partial charge in [0.15, 0.2) is 5.01 Å². The van der Waals surface area contributed by atoms with E-state index < -0.39 is 36.3 Å². The molecule has 5 atom stereocenters. The number of carbonyl (C=O) groups excluding carboxylic acids is 4. The van der Waals surface area contributed by atoms with Crippen LogP contribution in [0.2, 0.25) is 0 Å². The molecule has 4 aromatic rings. The number of nitrogens with one attached hydrogen (secondary N) is 2. The van der Waals surface area contributed by atoms with Gasteiger partial charge in [0.05, 0.1) is 48.8 Å². The monoisotopic (exact) mass is 944 g/mol. The number of hydrogen-bond acceptors (Lipinski definition) is 11. The lowest BCUT2D eigenvalue weighted by atomic mass is 9.95. The Labute approximate surface area is 398 Å². The lowest BCUT2D eigenvalue weighted by molar-refractivity contribution is -0.134. The molecule has 2 aromatic heterocycles. The Morgan fingerprint density at radius 2 is 1.37 bits per heavy atom. The maximum atomic E-state index is 16.9. The Balaban J connectivity index is 0.913. The molecular weight excluding hydrogens is 888 g/mol. The molecular formula is C51H57FN8O7S. The summed E-state index contributed by atoms with van der Waals surface area (Å²) in [5, 5.41) is 9.25. The third kappa shape index (κ3) is 8.36. The lowest BCUT2D eigenvalue weighted by Gasteiger charge is -2.31. The van der Waals surface area contributed by atoms with E-state index in [-0.39, 0.29) is 35.7 Å². The van der Waals surface area contributed by atoms with Crippen LogP contribution >= 0.6 is 11.3 Å². The molecule has 68 heavy (non-hydrogen) atoms. The second-order valence-electron chi connectivity index (χ2n) is 19.4. The number of carbonyl (C=O) groups is 4. The third-order valence-corrected chi connectivity index (χ3v) is 15.1. The first-order valence-electron chi connectivity index (χ1n) is 23.7. The summed E-state index contributed by atoms with van der Waals surface area (Å²) in [6, 6.07) is 9.85. The van der Waals surface area contributed by atoms with Crippen LogP contribution in [-0.4, -0.2) is 106 Å². The molecule has 0 spiro atoms. The average molecular weight is 945 g/mol. The van der Waals surface area contributed by atoms with Crippen LogP contribution in [0.3, 0.4) is 0 Å². The zero-order valence-corrected chi connectivity index (χ0v) is 40.0. The van der Waals surface area contributed by atoms with Crippen LogP contribution in [-0.2, 0) is 19.1 Å². The number of amides is 4. The van der Waals surface area contributed by atoms with Crippen molar-refractivity contribution in [3.63, 3.8) is 0 Å². The number of nitrogens with zero attached hydrogens (tertiary/aromatic N) is 6. The van der Waals surface area contributed by atoms with Crippen molar-refractivity contribution in [3.8, 4) is 17.0 Å². The first kappa shape index (κ1) is 45.4. The molecule has 2 N–H and O–H groups in total. The Morgan fingerprint density at radius 3 is 1.93 bits per heavy atom. The van der Waals surface area contributed by atoms with Gasteiger partial charge in [-0.1, -0.05) is 33.8 Å². The van der Waals surface area contributed by atoms with E-state index in [1.54, 1.807) is 23.6 Å². The van der Waals surface area contributed by atoms with E-state index in [1.807, 2.05) is 55.8 Å². The molecule has 1 aliphatic carbocycles. The topological polar surface area (TPSA) is 169 Å². The highest BCUT2D eigenvalue weighted by Gasteiger charge is 2.41. The summed E-state index contributed by atoms with van der Waals surface area (Å²) < 4.78 is 35.5. The van der Waals surface area contributed by atoms with E-state index in [4.69, 9.17) is 29.2 Å². The van der Waals surface area contributed by atoms with Gasteiger partial charge in [0.1, 0.15) is 23.7 Å². The number of halogens is 1. The standard InChI is InChI=1S/C51H57FN8O7S/c1-26(2)44(56-50(63)65-5)47(61)58-15-7-9-39(58)35-19-32(23-53-35)29-13-14-38-31(17-29)21-41-43-34(52)18-30(22-42(43)67-49(60(38)41)46-55-37(25-68-46)28-11-12-28)33-20-36(54-24-33)40-10-8-16-59(40)48(62)45(27(3)4)57-51(64)66-6/h13-14,17-18,21-28,39-40,44-45,49H,7-12,15-16,19-20H2,1-6H3,(H,56,63)(H,57,64)/t39-,40-,44-,45-,49?/m0/s1. The molecule has 5 aliphatic heterocycles. The SMILES string of the molecule is COC(=O)N[C@H](C(=O)N1CCC[C@H]1C1=NC=C(c2cc(F)c3c(c2)OC(c2nc(C4CC4)cs2)n2c-3cc3cc(C4=CN=C([C@@H]5CCCN5C(=O)[C@@H](NC(=O)OC)C(C)C)C4)ccc32)C1)C(C)C. The minimum absolute atomic E-state index is 0.130. The van der Waals surface area contributed by atoms with Gasteiger partial charge in [-0.3, -0.25) is 24.1 Å². The molecule has 0 radical (unpaired) electrons. The van der Waals surface area contributed by atoms with Crippen molar-refractivity contribution in [2.45, 2.75) is 115 Å². The van der Waals surface area contributed by atoms with E-state index in [2.05, 4.69) is 38.8 Å². The van der Waals surface area contributed by atoms with Crippen LogP contribution in [0.4, 0.5) is 14.0 Å². The zero-order chi connectivity index (χ0) is 47.5. The molecule has 6 aliphatic rings. The molecule has 1 saturated carbocycles. The molecule has 1 unspecified atom stereocenters. The van der Waals surface area contributed by atoms with E-state index >= 15 is 4.39 Å². The largest absolute Gasteiger partial charge is 0.462 e. The summed E-state index contributed by atoms with van der Waals surface area (Å²) in [6.07, 6.45) is 8.13. The highest BCUT2D eigenvalue weighted by molar-refractivity contribution is 7.09. The van der Waals surface area contributed by atoms with Gasteiger partial charge in [0.25, 0.3) is 0 Å². The van der Waals surface area contributed by atoms with E-state index in [1.165, 1.54) is 14.2 Å². The van der Waals surface area contributed by atoms with Gasteiger partial charge in [0.2, 0.25) is 18.0 Å². The van der Waals surface area contributed by atoms with Crippen molar-refractivity contribution in [1.29, 1.82) is 0 Å². The van der Waals surface area contributed by atoms with Crippen molar-refractivity contribution in [2.24, 2.45) is 21.8 Å². The van der Waals surface area contributed by atoms with Crippen molar-refractivity contribution in [2.75, 3.05) is 27.3 Å². The smallest absolute Gasteiger partial charge is 0.407 e. The summed E-state index contributed by atoms with van der Waals surface area (Å²) in [7, 11) is 2.57. The molecule has 10 rings (SSSR count). The number of alkyl carbamates (subject to hydrolysis) is 2. The highest BCUT2D eigenvalue weighted by atomic mass is 32.1. The number of allylic oxidation sites excluding steroid dienone is 2. The number of likely N-dealkylation sites (tertiary alicyclic amines) is 2. The number of fused-ring (bicyclic) bond motifs is 5. The fourth-order valence-electron chi connectivity index (χ4n) is 10.5. The van der Waals surface area contributed by atoms with Gasteiger partial charge in [-0.25, -0.2) is 19.0 Å². The van der Waals surface area contributed by atoms with Crippen LogP contribution in [0, 0.1) is 17.7 Å². The second-order valence-corrected chi connectivity index (χ2v) is 20.2. The fraction of sp³-hybridized carbons (Fsp3) is 0.471. The number of thiazole rings is 1. The molecule has 2 aromatic carbocycles. The van der Waals surface area contributed by atoms with Crippen molar-refractivity contribution >= 4 is 68.8 Å². The first-order chi connectivity index (χ1) is 32.8. The first-order valence-corrected chi connectivity index (χ1v) is 24.6. The maximum absolute atomic E-state index is 16.9. The van der Waals surface area contributed by atoms with Gasteiger partial charge in [-0.15, -0.1) is 11.3 Å². The van der Waals surface area contributed by atoms with Crippen LogP contribution in [0.1, 0.15) is 113 Å². The van der Waals surface area contributed by atoms with Gasteiger partial charge in [0, 0.05) is 66.4 Å². The summed E-state index contributed by atoms with van der Waals surface area (Å²) in [5.41, 5.74) is 8.20. The predicted molar refractivity (Wildman–Crippen MR) is 258 cm³/mol. The van der Waals surface area contributed by atoms with E-state index in [0.29, 0.717) is 54.4 Å². The Hall–Kier alpha value is -6.36. The van der Waals surface area contributed by atoms with E-state index in [9.17, 15) is 19.2 Å². The molecule has 15 nitrogen and oxygen atoms in total. The molecule has 3 fully saturated rings. The Bertz CT molecular complexity index is 2840. The number of aliphatic imine (C=N–C) groups is 2. The number of hydrogen-bond donors (Lipinski definition) is 2. The molecule has 2 saturated heterocycles. The molecule has 7 heterocycles. The normalized spacial score (nSPS) is 21.8. The molecule has 17 heteroatoms. The lowest BCUT2D eigenvalue weighted by Crippen LogP contribution is -2.53. The summed E-state index contributed by atoms with van der Waals surface area (Å²) in [5.74, 6) is -0.154. The van der Waals surface area contributed by atoms with Crippen molar-refractivity contribution in [1.82, 2.24) is 30.0 Å². The average Bonchev–Trinajstić information content (AvgIpc) is 4.05. The van der Waals surface area contributed by atoms with Crippen LogP contribution in [0.25, 0.3) is 33.3 Å². The number of rotatable bonds is 12. The summed E-state index contributed by atoms with van der Waals surface area (Å²) in [6.45, 7) is 8.72. The number of ether oxygens (including phenoxy) is 3. The van der Waals surface area contributed by atoms with Crippen LogP contribution in [0.5, 0.6) is 5.75 Å². The number of aromatic nitrogens is 2. The maximum Gasteiger partial charge on any atom is 0.407 e. The van der Waals surface area contributed by atoms with Crippen molar-refractivity contribution < 1.29 is 37.8 Å². The Morgan fingerprint density at radius 1 is 0.779 bits per heavy atom. The minimum Gasteiger partial charge on any atom is -0.462 e. The number of methoxy groups -OCH3 is 2. The zero-order valence-electron chi connectivity index (χ0n) is 39.2. The van der Waals surface area contributed by atoms with Gasteiger partial charge in [-0.05, 0) is 103 Å². The van der Waals surface area contributed by atoms with Gasteiger partial charge < -0.3 is 34.6 Å². The minimum atomic E-state index is -0.742. The highest BCUT2D eigenvalue weighted by Crippen LogP contribution is 2.49. The Kier molecular flexibility index (Phi) is 12.2.